The predicted octanol–water partition coefficient (Wildman–Crippen LogP) is -0.0560. The van der Waals surface area contributed by atoms with E-state index in [9.17, 15) is 16.8 Å². The van der Waals surface area contributed by atoms with Crippen LogP contribution < -0.4 is 0 Å². The highest BCUT2D eigenvalue weighted by Gasteiger charge is 2.35. The molecule has 0 unspecified atom stereocenters. The second kappa shape index (κ2) is 4.55. The highest BCUT2D eigenvalue weighted by atomic mass is 32.3. The Morgan fingerprint density at radius 3 is 2.06 bits per heavy atom. The maximum atomic E-state index is 11.8. The van der Waals surface area contributed by atoms with Gasteiger partial charge in [-0.1, -0.05) is 0 Å². The van der Waals surface area contributed by atoms with Crippen molar-refractivity contribution >= 4 is 19.9 Å². The zero-order valence-electron chi connectivity index (χ0n) is 9.88. The molecule has 1 aliphatic heterocycles. The topological polar surface area (TPSA) is 95.3 Å². The van der Waals surface area contributed by atoms with Gasteiger partial charge < -0.3 is 0 Å². The molecule has 1 heterocycles. The van der Waals surface area contributed by atoms with Crippen LogP contribution in [0.5, 0.6) is 0 Å². The summed E-state index contributed by atoms with van der Waals surface area (Å²) in [5.74, 6) is 0. The average molecular weight is 280 g/mol. The van der Waals surface area contributed by atoms with Crippen LogP contribution in [0.1, 0.15) is 19.8 Å². The second-order valence-electron chi connectivity index (χ2n) is 4.73. The summed E-state index contributed by atoms with van der Waals surface area (Å²) < 4.78 is 46.7. The largest absolute Gasteiger partial charge is 0.228 e. The Labute approximate surface area is 102 Å². The number of nitriles is 1. The van der Waals surface area contributed by atoms with E-state index in [0.29, 0.717) is 12.8 Å². The van der Waals surface area contributed by atoms with Crippen molar-refractivity contribution in [2.24, 2.45) is 5.41 Å². The molecule has 0 spiro atoms. The van der Waals surface area contributed by atoms with Crippen molar-refractivity contribution in [3.8, 4) is 6.07 Å². The van der Waals surface area contributed by atoms with Gasteiger partial charge in [0, 0.05) is 19.3 Å². The van der Waals surface area contributed by atoms with Gasteiger partial charge in [-0.15, -0.1) is 0 Å². The van der Waals surface area contributed by atoms with Crippen molar-refractivity contribution in [3.63, 3.8) is 0 Å². The van der Waals surface area contributed by atoms with Crippen molar-refractivity contribution in [2.75, 3.05) is 24.4 Å². The molecule has 1 fully saturated rings. The number of hydrogen-bond acceptors (Lipinski definition) is 5. The molecule has 1 aliphatic rings. The highest BCUT2D eigenvalue weighted by molar-refractivity contribution is 8.06. The van der Waals surface area contributed by atoms with Gasteiger partial charge in [0.05, 0.1) is 11.5 Å². The lowest BCUT2D eigenvalue weighted by Gasteiger charge is -2.33. The van der Waals surface area contributed by atoms with E-state index < -0.39 is 30.4 Å². The van der Waals surface area contributed by atoms with Gasteiger partial charge >= 0.3 is 0 Å². The molecule has 0 aliphatic carbocycles. The molecule has 1 rings (SSSR count). The zero-order valence-corrected chi connectivity index (χ0v) is 11.5. The minimum atomic E-state index is -3.76. The van der Waals surface area contributed by atoms with Crippen LogP contribution in [0.15, 0.2) is 0 Å². The first-order valence-corrected chi connectivity index (χ1v) is 8.82. The van der Waals surface area contributed by atoms with E-state index in [2.05, 4.69) is 6.07 Å². The first-order chi connectivity index (χ1) is 7.58. The highest BCUT2D eigenvalue weighted by Crippen LogP contribution is 2.31. The van der Waals surface area contributed by atoms with Crippen LogP contribution in [0.3, 0.4) is 0 Å². The lowest BCUT2D eigenvalue weighted by molar-refractivity contribution is 0.232. The Bertz CT molecular complexity index is 522. The molecule has 0 amide bonds. The Morgan fingerprint density at radius 2 is 1.71 bits per heavy atom. The number of nitrogens with zero attached hydrogens (tertiary/aromatic N) is 2. The molecule has 0 bridgehead atoms. The monoisotopic (exact) mass is 280 g/mol. The Balaban J connectivity index is 2.76. The van der Waals surface area contributed by atoms with Crippen LogP contribution in [-0.4, -0.2) is 45.6 Å². The summed E-state index contributed by atoms with van der Waals surface area (Å²) in [6, 6.07) is 2.16. The molecular weight excluding hydrogens is 264 g/mol. The van der Waals surface area contributed by atoms with Crippen molar-refractivity contribution in [2.45, 2.75) is 19.8 Å². The summed E-state index contributed by atoms with van der Waals surface area (Å²) in [5.41, 5.74) is -0.503. The van der Waals surface area contributed by atoms with Crippen LogP contribution in [0.25, 0.3) is 0 Å². The van der Waals surface area contributed by atoms with E-state index in [-0.39, 0.29) is 13.1 Å². The summed E-state index contributed by atoms with van der Waals surface area (Å²) in [6.45, 7) is 2.21. The molecule has 0 aromatic heterocycles. The fraction of sp³-hybridized carbons (Fsp3) is 0.889. The van der Waals surface area contributed by atoms with E-state index in [0.717, 1.165) is 10.6 Å². The summed E-state index contributed by atoms with van der Waals surface area (Å²) >= 11 is 0. The van der Waals surface area contributed by atoms with Crippen molar-refractivity contribution in [3.05, 3.63) is 0 Å². The molecule has 6 nitrogen and oxygen atoms in total. The number of sulfonamides is 1. The van der Waals surface area contributed by atoms with Gasteiger partial charge in [0.15, 0.2) is 14.9 Å². The van der Waals surface area contributed by atoms with Crippen LogP contribution in [0, 0.1) is 16.7 Å². The molecule has 1 saturated heterocycles. The van der Waals surface area contributed by atoms with Crippen LogP contribution in [0.2, 0.25) is 0 Å². The molecule has 17 heavy (non-hydrogen) atoms. The normalized spacial score (nSPS) is 21.9. The maximum absolute atomic E-state index is 11.8. The molecule has 0 aromatic rings. The lowest BCUT2D eigenvalue weighted by atomic mass is 9.83. The standard InChI is InChI=1S/C9H16N2O4S2/c1-9(7-10)3-5-11(6-4-9)17(14,15)8-16(2,12)13/h3-6,8H2,1-2H3. The van der Waals surface area contributed by atoms with Crippen LogP contribution in [0.4, 0.5) is 0 Å². The predicted molar refractivity (Wildman–Crippen MR) is 63.2 cm³/mol. The van der Waals surface area contributed by atoms with Gasteiger partial charge in [0.1, 0.15) is 0 Å². The van der Waals surface area contributed by atoms with Crippen molar-refractivity contribution in [1.29, 1.82) is 5.26 Å². The van der Waals surface area contributed by atoms with Crippen molar-refractivity contribution < 1.29 is 16.8 Å². The average Bonchev–Trinajstić information content (AvgIpc) is 2.15. The fourth-order valence-corrected chi connectivity index (χ4v) is 5.21. The Morgan fingerprint density at radius 1 is 1.24 bits per heavy atom. The Hall–Kier alpha value is -0.650. The Kier molecular flexibility index (Phi) is 3.86. The third-order valence-electron chi connectivity index (χ3n) is 2.85. The van der Waals surface area contributed by atoms with Gasteiger partial charge in [0.2, 0.25) is 10.0 Å². The van der Waals surface area contributed by atoms with Gasteiger partial charge in [-0.25, -0.2) is 21.1 Å². The first-order valence-electron chi connectivity index (χ1n) is 5.15. The van der Waals surface area contributed by atoms with Gasteiger partial charge in [-0.05, 0) is 19.8 Å². The molecule has 98 valence electrons. The minimum absolute atomic E-state index is 0.210. The van der Waals surface area contributed by atoms with Crippen molar-refractivity contribution in [1.82, 2.24) is 4.31 Å². The summed E-state index contributed by atoms with van der Waals surface area (Å²) in [6.07, 6.45) is 1.77. The molecule has 0 saturated carbocycles. The maximum Gasteiger partial charge on any atom is 0.228 e. The number of hydrogen-bond donors (Lipinski definition) is 0. The number of sulfone groups is 1. The molecule has 8 heteroatoms. The summed E-state index contributed by atoms with van der Waals surface area (Å²) in [5, 5.41) is 8.05. The van der Waals surface area contributed by atoms with Gasteiger partial charge in [-0.3, -0.25) is 0 Å². The molecule has 0 radical (unpaired) electrons. The fourth-order valence-electron chi connectivity index (χ4n) is 1.71. The van der Waals surface area contributed by atoms with E-state index in [1.807, 2.05) is 0 Å². The van der Waals surface area contributed by atoms with Crippen LogP contribution in [-0.2, 0) is 19.9 Å². The molecule has 0 atom stereocenters. The number of piperidine rings is 1. The number of rotatable bonds is 3. The third-order valence-corrected chi connectivity index (χ3v) is 6.91. The smallest absolute Gasteiger partial charge is 0.228 e. The van der Waals surface area contributed by atoms with E-state index >= 15 is 0 Å². The third kappa shape index (κ3) is 3.94. The summed E-state index contributed by atoms with van der Waals surface area (Å²) in [4.78, 5) is 0. The SMILES string of the molecule is CC1(C#N)CCN(S(=O)(=O)CS(C)(=O)=O)CC1. The second-order valence-corrected chi connectivity index (χ2v) is 9.20. The first kappa shape index (κ1) is 14.4. The quantitative estimate of drug-likeness (QED) is 0.722. The van der Waals surface area contributed by atoms with E-state index in [4.69, 9.17) is 5.26 Å². The molecule has 0 N–H and O–H groups in total. The van der Waals surface area contributed by atoms with Crippen LogP contribution >= 0.6 is 0 Å². The summed E-state index contributed by atoms with van der Waals surface area (Å²) in [7, 11) is -7.32. The van der Waals surface area contributed by atoms with E-state index in [1.54, 1.807) is 6.92 Å². The molecular formula is C9H16N2O4S2. The molecule has 0 aromatic carbocycles. The lowest BCUT2D eigenvalue weighted by Crippen LogP contribution is -2.43. The van der Waals surface area contributed by atoms with Gasteiger partial charge in [-0.2, -0.15) is 5.26 Å². The van der Waals surface area contributed by atoms with E-state index in [1.165, 1.54) is 0 Å². The zero-order chi connectivity index (χ0) is 13.3. The minimum Gasteiger partial charge on any atom is -0.228 e. The van der Waals surface area contributed by atoms with Gasteiger partial charge in [0.25, 0.3) is 0 Å².